The normalized spacial score (nSPS) is 31.1. The highest BCUT2D eigenvalue weighted by molar-refractivity contribution is 5.86. The molecule has 1 fully saturated rings. The van der Waals surface area contributed by atoms with Gasteiger partial charge in [0.15, 0.2) is 6.23 Å². The fourth-order valence-corrected chi connectivity index (χ4v) is 2.31. The molecule has 3 rings (SSSR count). The largest absolute Gasteiger partial charge is 0.394 e. The Balaban J connectivity index is 2.04. The Morgan fingerprint density at radius 1 is 1.32 bits per heavy atom. The van der Waals surface area contributed by atoms with Gasteiger partial charge in [-0.25, -0.2) is 9.97 Å². The fourth-order valence-electron chi connectivity index (χ4n) is 2.31. The number of aromatic nitrogens is 3. The topological polar surface area (TPSA) is 127 Å². The van der Waals surface area contributed by atoms with E-state index in [1.165, 1.54) is 6.33 Å². The molecule has 0 radical (unpaired) electrons. The lowest BCUT2D eigenvalue weighted by Crippen LogP contribution is -2.33. The van der Waals surface area contributed by atoms with E-state index in [2.05, 4.69) is 9.97 Å². The summed E-state index contributed by atoms with van der Waals surface area (Å²) in [5, 5.41) is 29.4. The van der Waals surface area contributed by atoms with E-state index < -0.39 is 24.5 Å². The van der Waals surface area contributed by atoms with E-state index in [1.54, 1.807) is 16.8 Å². The molecule has 3 heterocycles. The molecule has 5 N–H and O–H groups in total. The van der Waals surface area contributed by atoms with Gasteiger partial charge in [-0.1, -0.05) is 0 Å². The zero-order valence-electron chi connectivity index (χ0n) is 9.92. The van der Waals surface area contributed by atoms with Crippen LogP contribution in [0.1, 0.15) is 6.23 Å². The highest BCUT2D eigenvalue weighted by Crippen LogP contribution is 2.32. The van der Waals surface area contributed by atoms with Gasteiger partial charge in [0.2, 0.25) is 0 Å². The van der Waals surface area contributed by atoms with Crippen LogP contribution in [0.3, 0.4) is 0 Å². The molecule has 8 nitrogen and oxygen atoms in total. The third-order valence-electron chi connectivity index (χ3n) is 3.33. The predicted molar refractivity (Wildman–Crippen MR) is 64.9 cm³/mol. The summed E-state index contributed by atoms with van der Waals surface area (Å²) in [6.45, 7) is -0.370. The molecule has 1 unspecified atom stereocenters. The first kappa shape index (κ1) is 12.3. The minimum absolute atomic E-state index is 0.329. The number of hydrogen-bond acceptors (Lipinski definition) is 7. The van der Waals surface area contributed by atoms with E-state index in [1.807, 2.05) is 0 Å². The Labute approximate surface area is 108 Å². The van der Waals surface area contributed by atoms with Crippen LogP contribution in [0.25, 0.3) is 11.0 Å². The van der Waals surface area contributed by atoms with E-state index in [4.69, 9.17) is 15.6 Å². The Hall–Kier alpha value is -1.74. The van der Waals surface area contributed by atoms with Crippen molar-refractivity contribution in [2.24, 2.45) is 0 Å². The standard InChI is InChI=1S/C11H14N4O4/c12-9-5-1-2-15(10(5)14-4-13-9)11-8(18)7(17)6(3-16)19-11/h1-2,4,6-8,11,16-18H,3H2,(H2,12,13,14)/t6-,7-,8+,11?/m1/s1. The number of aliphatic hydroxyl groups is 3. The van der Waals surface area contributed by atoms with E-state index in [0.29, 0.717) is 16.9 Å². The summed E-state index contributed by atoms with van der Waals surface area (Å²) in [4.78, 5) is 7.97. The third-order valence-corrected chi connectivity index (χ3v) is 3.33. The second-order valence-corrected chi connectivity index (χ2v) is 4.45. The van der Waals surface area contributed by atoms with E-state index >= 15 is 0 Å². The molecule has 0 amide bonds. The molecule has 0 aliphatic carbocycles. The third kappa shape index (κ3) is 1.77. The monoisotopic (exact) mass is 266 g/mol. The van der Waals surface area contributed by atoms with Gasteiger partial charge in [-0.15, -0.1) is 0 Å². The maximum Gasteiger partial charge on any atom is 0.164 e. The van der Waals surface area contributed by atoms with Crippen molar-refractivity contribution in [3.8, 4) is 0 Å². The predicted octanol–water partition coefficient (Wildman–Crippen LogP) is -1.38. The second kappa shape index (κ2) is 4.42. The van der Waals surface area contributed by atoms with Gasteiger partial charge in [-0.3, -0.25) is 0 Å². The van der Waals surface area contributed by atoms with Crippen LogP contribution in [0.5, 0.6) is 0 Å². The van der Waals surface area contributed by atoms with Crippen LogP contribution in [0, 0.1) is 0 Å². The first-order valence-electron chi connectivity index (χ1n) is 5.83. The van der Waals surface area contributed by atoms with Gasteiger partial charge in [0, 0.05) is 6.20 Å². The van der Waals surface area contributed by atoms with Gasteiger partial charge in [0.25, 0.3) is 0 Å². The lowest BCUT2D eigenvalue weighted by molar-refractivity contribution is -0.0508. The van der Waals surface area contributed by atoms with E-state index in [9.17, 15) is 10.2 Å². The molecule has 8 heteroatoms. The minimum Gasteiger partial charge on any atom is -0.394 e. The number of hydrogen-bond donors (Lipinski definition) is 4. The molecule has 0 bridgehead atoms. The van der Waals surface area contributed by atoms with Crippen molar-refractivity contribution in [3.05, 3.63) is 18.6 Å². The molecule has 1 aliphatic rings. The first-order chi connectivity index (χ1) is 9.13. The number of nitrogen functional groups attached to an aromatic ring is 1. The maximum atomic E-state index is 9.98. The summed E-state index contributed by atoms with van der Waals surface area (Å²) in [5.41, 5.74) is 6.23. The maximum absolute atomic E-state index is 9.98. The summed E-state index contributed by atoms with van der Waals surface area (Å²) < 4.78 is 7.01. The Bertz CT molecular complexity index is 601. The smallest absolute Gasteiger partial charge is 0.164 e. The number of fused-ring (bicyclic) bond motifs is 1. The van der Waals surface area contributed by atoms with Gasteiger partial charge < -0.3 is 30.4 Å². The number of aliphatic hydroxyl groups excluding tert-OH is 3. The number of ether oxygens (including phenoxy) is 1. The van der Waals surface area contributed by atoms with E-state index in [-0.39, 0.29) is 6.61 Å². The summed E-state index contributed by atoms with van der Waals surface area (Å²) >= 11 is 0. The molecule has 2 aromatic heterocycles. The highest BCUT2D eigenvalue weighted by Gasteiger charge is 2.43. The van der Waals surface area contributed by atoms with Crippen molar-refractivity contribution in [3.63, 3.8) is 0 Å². The van der Waals surface area contributed by atoms with Gasteiger partial charge >= 0.3 is 0 Å². The van der Waals surface area contributed by atoms with Crippen LogP contribution < -0.4 is 5.73 Å². The lowest BCUT2D eigenvalue weighted by atomic mass is 10.1. The van der Waals surface area contributed by atoms with Crippen molar-refractivity contribution < 1.29 is 20.1 Å². The number of anilines is 1. The molecule has 1 saturated heterocycles. The second-order valence-electron chi connectivity index (χ2n) is 4.45. The van der Waals surface area contributed by atoms with Crippen LogP contribution in [-0.4, -0.2) is 54.8 Å². The number of nitrogens with two attached hydrogens (primary N) is 1. The zero-order valence-corrected chi connectivity index (χ0v) is 9.92. The molecule has 4 atom stereocenters. The van der Waals surface area contributed by atoms with E-state index in [0.717, 1.165) is 0 Å². The Morgan fingerprint density at radius 2 is 2.11 bits per heavy atom. The molecular weight excluding hydrogens is 252 g/mol. The van der Waals surface area contributed by atoms with Crippen molar-refractivity contribution in [2.75, 3.05) is 12.3 Å². The number of nitrogens with zero attached hydrogens (tertiary/aromatic N) is 3. The first-order valence-corrected chi connectivity index (χ1v) is 5.83. The van der Waals surface area contributed by atoms with Gasteiger partial charge in [0.1, 0.15) is 36.1 Å². The van der Waals surface area contributed by atoms with Crippen molar-refractivity contribution in [2.45, 2.75) is 24.5 Å². The summed E-state index contributed by atoms with van der Waals surface area (Å²) in [7, 11) is 0. The van der Waals surface area contributed by atoms with Crippen molar-refractivity contribution in [1.82, 2.24) is 14.5 Å². The van der Waals surface area contributed by atoms with Gasteiger partial charge in [-0.2, -0.15) is 0 Å². The van der Waals surface area contributed by atoms with Gasteiger partial charge in [-0.05, 0) is 6.07 Å². The molecule has 19 heavy (non-hydrogen) atoms. The molecular formula is C11H14N4O4. The fraction of sp³-hybridized carbons (Fsp3) is 0.455. The van der Waals surface area contributed by atoms with Gasteiger partial charge in [0.05, 0.1) is 12.0 Å². The van der Waals surface area contributed by atoms with Crippen LogP contribution in [0.4, 0.5) is 5.82 Å². The van der Waals surface area contributed by atoms with Crippen LogP contribution in [0.2, 0.25) is 0 Å². The molecule has 0 spiro atoms. The lowest BCUT2D eigenvalue weighted by Gasteiger charge is -2.17. The SMILES string of the molecule is Nc1ncnc2c1ccn2C1O[C@H](CO)[C@@H](O)[C@@H]1O. The molecule has 2 aromatic rings. The van der Waals surface area contributed by atoms with Crippen LogP contribution >= 0.6 is 0 Å². The highest BCUT2D eigenvalue weighted by atomic mass is 16.6. The average Bonchev–Trinajstić information content (AvgIpc) is 2.94. The minimum atomic E-state index is -1.15. The van der Waals surface area contributed by atoms with Crippen LogP contribution in [-0.2, 0) is 4.74 Å². The summed E-state index contributed by atoms with van der Waals surface area (Å²) in [6, 6.07) is 1.71. The summed E-state index contributed by atoms with van der Waals surface area (Å²) in [6.07, 6.45) is -0.975. The Kier molecular flexibility index (Phi) is 2.86. The molecule has 102 valence electrons. The molecule has 1 aliphatic heterocycles. The molecule has 0 saturated carbocycles. The quantitative estimate of drug-likeness (QED) is 0.528. The average molecular weight is 266 g/mol. The van der Waals surface area contributed by atoms with Crippen molar-refractivity contribution >= 4 is 16.9 Å². The molecule has 0 aromatic carbocycles. The van der Waals surface area contributed by atoms with Crippen LogP contribution in [0.15, 0.2) is 18.6 Å². The number of rotatable bonds is 2. The summed E-state index contributed by atoms with van der Waals surface area (Å²) in [5.74, 6) is 0.329. The zero-order chi connectivity index (χ0) is 13.6. The Morgan fingerprint density at radius 3 is 2.79 bits per heavy atom. The van der Waals surface area contributed by atoms with Crippen molar-refractivity contribution in [1.29, 1.82) is 0 Å².